The van der Waals surface area contributed by atoms with E-state index >= 15 is 0 Å². The molecule has 0 N–H and O–H groups in total. The Morgan fingerprint density at radius 3 is 2.54 bits per heavy atom. The first kappa shape index (κ1) is 20.4. The fourth-order valence-corrected chi connectivity index (χ4v) is 3.61. The topological polar surface area (TPSA) is 42.4 Å². The molecule has 0 saturated heterocycles. The van der Waals surface area contributed by atoms with Crippen LogP contribution in [0.4, 0.5) is 0 Å². The Morgan fingerprint density at radius 2 is 1.82 bits per heavy atom. The summed E-state index contributed by atoms with van der Waals surface area (Å²) in [6.07, 6.45) is 0. The highest BCUT2D eigenvalue weighted by molar-refractivity contribution is 6.39. The molecule has 0 radical (unpaired) electrons. The van der Waals surface area contributed by atoms with Crippen LogP contribution in [0.2, 0.25) is 10.0 Å². The first-order valence-electron chi connectivity index (χ1n) is 8.94. The van der Waals surface area contributed by atoms with E-state index in [9.17, 15) is 4.79 Å². The Labute approximate surface area is 175 Å². The number of benzene rings is 2. The van der Waals surface area contributed by atoms with Crippen molar-refractivity contribution in [1.29, 1.82) is 0 Å². The Morgan fingerprint density at radius 1 is 1.07 bits per heavy atom. The summed E-state index contributed by atoms with van der Waals surface area (Å²) >= 11 is 12.6. The third kappa shape index (κ3) is 4.40. The predicted molar refractivity (Wildman–Crippen MR) is 114 cm³/mol. The fraction of sp³-hybridized carbons (Fsp3) is 0.273. The zero-order chi connectivity index (χ0) is 20.4. The van der Waals surface area contributed by atoms with Crippen LogP contribution >= 0.6 is 23.2 Å². The molecule has 1 aromatic heterocycles. The van der Waals surface area contributed by atoms with Crippen LogP contribution in [0.1, 0.15) is 22.4 Å². The molecular formula is C22H22Cl2N2O2. The molecule has 0 aliphatic carbocycles. The quantitative estimate of drug-likeness (QED) is 0.550. The van der Waals surface area contributed by atoms with Crippen LogP contribution in [0.15, 0.2) is 36.4 Å². The lowest BCUT2D eigenvalue weighted by Crippen LogP contribution is -2.31. The Bertz CT molecular complexity index is 1050. The molecule has 0 unspecified atom stereocenters. The number of aromatic nitrogens is 1. The number of rotatable bonds is 5. The van der Waals surface area contributed by atoms with Crippen LogP contribution in [0.3, 0.4) is 0 Å². The Hall–Kier alpha value is -2.30. The Balaban J connectivity index is 1.76. The number of amides is 1. The lowest BCUT2D eigenvalue weighted by Gasteiger charge is -2.19. The van der Waals surface area contributed by atoms with Gasteiger partial charge in [-0.1, -0.05) is 47.0 Å². The van der Waals surface area contributed by atoms with E-state index in [1.165, 1.54) is 5.56 Å². The van der Waals surface area contributed by atoms with Gasteiger partial charge >= 0.3 is 0 Å². The fourth-order valence-electron chi connectivity index (χ4n) is 3.04. The van der Waals surface area contributed by atoms with Gasteiger partial charge in [0.2, 0.25) is 0 Å². The molecule has 0 fully saturated rings. The third-order valence-electron chi connectivity index (χ3n) is 4.65. The first-order chi connectivity index (χ1) is 13.3. The van der Waals surface area contributed by atoms with E-state index in [-0.39, 0.29) is 12.5 Å². The van der Waals surface area contributed by atoms with Gasteiger partial charge < -0.3 is 9.64 Å². The van der Waals surface area contributed by atoms with Gasteiger partial charge in [-0.05, 0) is 50.1 Å². The molecule has 0 bridgehead atoms. The molecular weight excluding hydrogens is 395 g/mol. The number of halogens is 2. The number of carbonyl (C=O) groups is 1. The van der Waals surface area contributed by atoms with Gasteiger partial charge in [-0.25, -0.2) is 4.98 Å². The summed E-state index contributed by atoms with van der Waals surface area (Å²) < 4.78 is 5.79. The summed E-state index contributed by atoms with van der Waals surface area (Å²) in [7, 11) is 1.76. The van der Waals surface area contributed by atoms with Crippen LogP contribution in [-0.4, -0.2) is 29.4 Å². The first-order valence-corrected chi connectivity index (χ1v) is 9.70. The summed E-state index contributed by atoms with van der Waals surface area (Å²) in [5.41, 5.74) is 4.84. The van der Waals surface area contributed by atoms with E-state index in [1.807, 2.05) is 38.1 Å². The maximum atomic E-state index is 12.6. The highest BCUT2D eigenvalue weighted by atomic mass is 35.5. The zero-order valence-corrected chi connectivity index (χ0v) is 17.9. The molecule has 1 amide bonds. The summed E-state index contributed by atoms with van der Waals surface area (Å²) in [5, 5.41) is 1.57. The second kappa shape index (κ2) is 8.38. The van der Waals surface area contributed by atoms with E-state index in [0.717, 1.165) is 22.2 Å². The van der Waals surface area contributed by atoms with Gasteiger partial charge in [0.05, 0.1) is 10.0 Å². The predicted octanol–water partition coefficient (Wildman–Crippen LogP) is 5.50. The molecule has 6 heteroatoms. The molecule has 3 rings (SSSR count). The summed E-state index contributed by atoms with van der Waals surface area (Å²) in [4.78, 5) is 18.7. The molecule has 1 heterocycles. The minimum atomic E-state index is -0.146. The molecule has 3 aromatic rings. The maximum Gasteiger partial charge on any atom is 0.260 e. The van der Waals surface area contributed by atoms with E-state index in [1.54, 1.807) is 18.0 Å². The van der Waals surface area contributed by atoms with Crippen molar-refractivity contribution in [2.45, 2.75) is 27.3 Å². The average molecular weight is 417 g/mol. The number of fused-ring (bicyclic) bond motifs is 1. The van der Waals surface area contributed by atoms with Crippen molar-refractivity contribution >= 4 is 40.0 Å². The minimum Gasteiger partial charge on any atom is -0.480 e. The van der Waals surface area contributed by atoms with Gasteiger partial charge in [-0.3, -0.25) is 4.79 Å². The van der Waals surface area contributed by atoms with Crippen molar-refractivity contribution in [1.82, 2.24) is 9.88 Å². The van der Waals surface area contributed by atoms with E-state index in [0.29, 0.717) is 27.9 Å². The van der Waals surface area contributed by atoms with Gasteiger partial charge in [0, 0.05) is 24.7 Å². The van der Waals surface area contributed by atoms with Crippen LogP contribution < -0.4 is 4.74 Å². The number of aryl methyl sites for hydroxylation is 3. The number of ether oxygens (including phenoxy) is 1. The SMILES string of the molecule is Cc1ccc(CN(C)C(=O)COc2c(Cl)cc(Cl)c3ccc(C)nc23)c(C)c1. The maximum absolute atomic E-state index is 12.6. The Kier molecular flexibility index (Phi) is 6.11. The number of hydrogen-bond donors (Lipinski definition) is 0. The largest absolute Gasteiger partial charge is 0.480 e. The minimum absolute atomic E-state index is 0.131. The van der Waals surface area contributed by atoms with Gasteiger partial charge in [-0.15, -0.1) is 0 Å². The lowest BCUT2D eigenvalue weighted by atomic mass is 10.1. The molecule has 0 atom stereocenters. The monoisotopic (exact) mass is 416 g/mol. The molecule has 2 aromatic carbocycles. The van der Waals surface area contributed by atoms with Crippen molar-refractivity contribution in [2.24, 2.45) is 0 Å². The summed E-state index contributed by atoms with van der Waals surface area (Å²) in [6, 6.07) is 11.6. The summed E-state index contributed by atoms with van der Waals surface area (Å²) in [5.74, 6) is 0.227. The second-order valence-electron chi connectivity index (χ2n) is 6.99. The van der Waals surface area contributed by atoms with Crippen LogP contribution in [0.5, 0.6) is 5.75 Å². The highest BCUT2D eigenvalue weighted by Crippen LogP contribution is 2.37. The molecule has 28 heavy (non-hydrogen) atoms. The normalized spacial score (nSPS) is 10.9. The van der Waals surface area contributed by atoms with E-state index < -0.39 is 0 Å². The van der Waals surface area contributed by atoms with Gasteiger partial charge in [-0.2, -0.15) is 0 Å². The number of pyridine rings is 1. The average Bonchev–Trinajstić information content (AvgIpc) is 2.63. The summed E-state index contributed by atoms with van der Waals surface area (Å²) in [6.45, 7) is 6.36. The molecule has 0 aliphatic rings. The highest BCUT2D eigenvalue weighted by Gasteiger charge is 2.17. The van der Waals surface area contributed by atoms with Crippen molar-refractivity contribution in [2.75, 3.05) is 13.7 Å². The van der Waals surface area contributed by atoms with Gasteiger partial charge in [0.15, 0.2) is 12.4 Å². The molecule has 0 spiro atoms. The van der Waals surface area contributed by atoms with Crippen LogP contribution in [-0.2, 0) is 11.3 Å². The van der Waals surface area contributed by atoms with Gasteiger partial charge in [0.25, 0.3) is 5.91 Å². The third-order valence-corrected chi connectivity index (χ3v) is 5.24. The van der Waals surface area contributed by atoms with Crippen molar-refractivity contribution < 1.29 is 9.53 Å². The number of carbonyl (C=O) groups excluding carboxylic acids is 1. The van der Waals surface area contributed by atoms with Gasteiger partial charge in [0.1, 0.15) is 5.52 Å². The molecule has 4 nitrogen and oxygen atoms in total. The van der Waals surface area contributed by atoms with E-state index in [4.69, 9.17) is 27.9 Å². The smallest absolute Gasteiger partial charge is 0.260 e. The molecule has 0 aliphatic heterocycles. The number of hydrogen-bond acceptors (Lipinski definition) is 3. The van der Waals surface area contributed by atoms with Crippen molar-refractivity contribution in [3.8, 4) is 5.75 Å². The lowest BCUT2D eigenvalue weighted by molar-refractivity contribution is -0.132. The number of nitrogens with zero attached hydrogens (tertiary/aromatic N) is 2. The second-order valence-corrected chi connectivity index (χ2v) is 7.80. The van der Waals surface area contributed by atoms with Crippen LogP contribution in [0, 0.1) is 20.8 Å². The molecule has 0 saturated carbocycles. The van der Waals surface area contributed by atoms with E-state index in [2.05, 4.69) is 18.0 Å². The molecule has 146 valence electrons. The zero-order valence-electron chi connectivity index (χ0n) is 16.3. The van der Waals surface area contributed by atoms with Crippen LogP contribution in [0.25, 0.3) is 10.9 Å². The number of likely N-dealkylation sites (N-methyl/N-ethyl adjacent to an activating group) is 1. The standard InChI is InChI=1S/C22H22Cl2N2O2/c1-13-5-7-16(14(2)9-13)11-26(4)20(27)12-28-22-19(24)10-18(23)17-8-6-15(3)25-21(17)22/h5-10H,11-12H2,1-4H3. The van der Waals surface area contributed by atoms with Crippen molar-refractivity contribution in [3.05, 3.63) is 68.8 Å². The van der Waals surface area contributed by atoms with Crippen molar-refractivity contribution in [3.63, 3.8) is 0 Å².